The van der Waals surface area contributed by atoms with Crippen molar-refractivity contribution in [2.24, 2.45) is 5.41 Å². The Morgan fingerprint density at radius 3 is 2.12 bits per heavy atom. The summed E-state index contributed by atoms with van der Waals surface area (Å²) in [5.41, 5.74) is 0.424. The Balaban J connectivity index is 2.21. The van der Waals surface area contributed by atoms with Gasteiger partial charge in [0.2, 0.25) is 0 Å². The maximum Gasteiger partial charge on any atom is 0.357 e. The molecule has 0 heterocycles. The molecule has 0 aromatic heterocycles. The van der Waals surface area contributed by atoms with E-state index < -0.39 is 0 Å². The van der Waals surface area contributed by atoms with Crippen LogP contribution in [-0.4, -0.2) is 7.56 Å². The van der Waals surface area contributed by atoms with Crippen LogP contribution in [-0.2, 0) is 0 Å². The van der Waals surface area contributed by atoms with E-state index in [1.54, 1.807) is 0 Å². The molecule has 0 aromatic carbocycles. The van der Waals surface area contributed by atoms with Crippen molar-refractivity contribution in [3.05, 3.63) is 0 Å². The van der Waals surface area contributed by atoms with Crippen molar-refractivity contribution in [1.29, 1.82) is 0 Å². The maximum atomic E-state index is 11.7. The van der Waals surface area contributed by atoms with E-state index in [9.17, 15) is 4.32 Å². The molecule has 0 aromatic rings. The van der Waals surface area contributed by atoms with Crippen molar-refractivity contribution in [2.75, 3.05) is 0 Å². The zero-order chi connectivity index (χ0) is 6.20. The van der Waals surface area contributed by atoms with Crippen LogP contribution in [0.5, 0.6) is 0 Å². The number of hydrogen-bond donors (Lipinski definition) is 0. The van der Waals surface area contributed by atoms with Crippen LogP contribution < -0.4 is 0 Å². The summed E-state index contributed by atoms with van der Waals surface area (Å²) in [4.78, 5) is 0. The van der Waals surface area contributed by atoms with Gasteiger partial charge in [-0.1, -0.05) is 13.8 Å². The van der Waals surface area contributed by atoms with Crippen LogP contribution in [0.15, 0.2) is 0 Å². The fraction of sp³-hybridized carbons (Fsp3) is 1.00. The van der Waals surface area contributed by atoms with Gasteiger partial charge in [-0.2, -0.15) is 0 Å². The Kier molecular flexibility index (Phi) is 1.34. The molecular weight excluding hydrogens is 102 g/mol. The second kappa shape index (κ2) is 1.75. The number of hydrogen-bond acceptors (Lipinski definition) is 0. The fourth-order valence-corrected chi connectivity index (χ4v) is 1.45. The molecule has 2 heteroatoms. The van der Waals surface area contributed by atoms with Gasteiger partial charge in [0.05, 0.1) is 0 Å². The molecule has 0 atom stereocenters. The molecule has 45 valence electrons. The first-order valence-electron chi connectivity index (χ1n) is 3.08. The number of rotatable bonds is 1. The summed E-state index contributed by atoms with van der Waals surface area (Å²) < 4.78 is 11.7. The average Bonchev–Trinajstić information content (AvgIpc) is 1.60. The monoisotopic (exact) mass is 113 g/mol. The molecule has 1 rings (SSSR count). The molecule has 1 aliphatic carbocycles. The van der Waals surface area contributed by atoms with Gasteiger partial charge in [0, 0.05) is 0 Å². The van der Waals surface area contributed by atoms with Gasteiger partial charge < -0.3 is 4.32 Å². The Bertz CT molecular complexity index is 82.5. The molecule has 1 aliphatic rings. The van der Waals surface area contributed by atoms with Crippen LogP contribution in [0.1, 0.15) is 26.7 Å². The van der Waals surface area contributed by atoms with Crippen LogP contribution in [0.4, 0.5) is 4.32 Å². The van der Waals surface area contributed by atoms with Gasteiger partial charge in [0.25, 0.3) is 0 Å². The van der Waals surface area contributed by atoms with Gasteiger partial charge in [-0.3, -0.25) is 0 Å². The third-order valence-electron chi connectivity index (χ3n) is 1.81. The molecule has 0 amide bonds. The van der Waals surface area contributed by atoms with Crippen molar-refractivity contribution in [1.82, 2.24) is 0 Å². The Labute approximate surface area is 50.8 Å². The molecule has 0 N–H and O–H groups in total. The lowest BCUT2D eigenvalue weighted by molar-refractivity contribution is 0.186. The molecule has 1 fully saturated rings. The molecular formula is C6H11BF. The molecule has 1 saturated carbocycles. The summed E-state index contributed by atoms with van der Waals surface area (Å²) in [5.74, 6) is 0.269. The quantitative estimate of drug-likeness (QED) is 0.457. The van der Waals surface area contributed by atoms with Crippen LogP contribution in [0.25, 0.3) is 0 Å². The fourth-order valence-electron chi connectivity index (χ4n) is 1.45. The highest BCUT2D eigenvalue weighted by molar-refractivity contribution is 6.29. The maximum absolute atomic E-state index is 11.7. The van der Waals surface area contributed by atoms with Crippen LogP contribution in [0, 0.1) is 5.41 Å². The average molecular weight is 113 g/mol. The second-order valence-electron chi connectivity index (χ2n) is 3.46. The Morgan fingerprint density at radius 2 is 2.00 bits per heavy atom. The van der Waals surface area contributed by atoms with Gasteiger partial charge in [-0.05, 0) is 24.1 Å². The summed E-state index contributed by atoms with van der Waals surface area (Å²) >= 11 is 0. The molecule has 0 spiro atoms. The summed E-state index contributed by atoms with van der Waals surface area (Å²) in [5, 5.41) is 0. The van der Waals surface area contributed by atoms with E-state index in [-0.39, 0.29) is 5.82 Å². The Hall–Kier alpha value is -0.00506. The van der Waals surface area contributed by atoms with Crippen LogP contribution >= 0.6 is 0 Å². The molecule has 0 aliphatic heterocycles. The zero-order valence-corrected chi connectivity index (χ0v) is 5.45. The predicted molar refractivity (Wildman–Crippen MR) is 33.6 cm³/mol. The smallest absolute Gasteiger partial charge is 0.342 e. The highest BCUT2D eigenvalue weighted by Crippen LogP contribution is 2.48. The minimum Gasteiger partial charge on any atom is -0.342 e. The van der Waals surface area contributed by atoms with Crippen molar-refractivity contribution < 1.29 is 4.32 Å². The molecule has 0 saturated heterocycles. The van der Waals surface area contributed by atoms with Gasteiger partial charge >= 0.3 is 7.56 Å². The topological polar surface area (TPSA) is 0 Å². The van der Waals surface area contributed by atoms with Gasteiger partial charge in [0.15, 0.2) is 0 Å². The lowest BCUT2D eigenvalue weighted by atomic mass is 9.55. The lowest BCUT2D eigenvalue weighted by Crippen LogP contribution is -2.29. The number of halogens is 1. The summed E-state index contributed by atoms with van der Waals surface area (Å²) in [6.45, 7) is 4.35. The first-order valence-corrected chi connectivity index (χ1v) is 3.08. The first-order chi connectivity index (χ1) is 3.64. The van der Waals surface area contributed by atoms with E-state index in [4.69, 9.17) is 0 Å². The highest BCUT2D eigenvalue weighted by Gasteiger charge is 2.36. The predicted octanol–water partition coefficient (Wildman–Crippen LogP) is 2.18. The highest BCUT2D eigenvalue weighted by atomic mass is 19.1. The second-order valence-corrected chi connectivity index (χ2v) is 3.46. The summed E-state index contributed by atoms with van der Waals surface area (Å²) in [6.07, 6.45) is 2.06. The van der Waals surface area contributed by atoms with Crippen LogP contribution in [0.2, 0.25) is 5.82 Å². The first kappa shape index (κ1) is 6.12. The molecule has 8 heavy (non-hydrogen) atoms. The minimum absolute atomic E-state index is 0.269. The lowest BCUT2D eigenvalue weighted by Gasteiger charge is -2.40. The van der Waals surface area contributed by atoms with Crippen molar-refractivity contribution in [2.45, 2.75) is 32.5 Å². The minimum atomic E-state index is 0.269. The van der Waals surface area contributed by atoms with Gasteiger partial charge in [-0.25, -0.2) is 0 Å². The largest absolute Gasteiger partial charge is 0.357 e. The molecule has 0 nitrogen and oxygen atoms in total. The van der Waals surface area contributed by atoms with E-state index in [2.05, 4.69) is 13.8 Å². The standard InChI is InChI=1S/C6H11BF/c1-6(2)3-5(4-6)7-8/h5H,3-4H2,1-2H3. The van der Waals surface area contributed by atoms with Crippen LogP contribution in [0.3, 0.4) is 0 Å². The third-order valence-corrected chi connectivity index (χ3v) is 1.81. The van der Waals surface area contributed by atoms with Crippen molar-refractivity contribution in [3.63, 3.8) is 0 Å². The molecule has 1 radical (unpaired) electrons. The van der Waals surface area contributed by atoms with Crippen molar-refractivity contribution in [3.8, 4) is 0 Å². The van der Waals surface area contributed by atoms with E-state index in [1.807, 2.05) is 0 Å². The summed E-state index contributed by atoms with van der Waals surface area (Å²) in [7, 11) is 0.825. The van der Waals surface area contributed by atoms with Crippen molar-refractivity contribution >= 4 is 7.56 Å². The van der Waals surface area contributed by atoms with Gasteiger partial charge in [0.1, 0.15) is 0 Å². The summed E-state index contributed by atoms with van der Waals surface area (Å²) in [6, 6.07) is 0. The third kappa shape index (κ3) is 1.04. The van der Waals surface area contributed by atoms with E-state index in [0.717, 1.165) is 20.4 Å². The molecule has 0 bridgehead atoms. The zero-order valence-electron chi connectivity index (χ0n) is 5.45. The SMILES string of the molecule is CC1(C)CC([B]F)C1. The Morgan fingerprint density at radius 1 is 1.50 bits per heavy atom. The van der Waals surface area contributed by atoms with E-state index >= 15 is 0 Å². The van der Waals surface area contributed by atoms with E-state index in [1.165, 1.54) is 0 Å². The van der Waals surface area contributed by atoms with Gasteiger partial charge in [-0.15, -0.1) is 0 Å². The normalized spacial score (nSPS) is 26.9. The van der Waals surface area contributed by atoms with E-state index in [0.29, 0.717) is 5.41 Å². The molecule has 0 unspecified atom stereocenters.